The van der Waals surface area contributed by atoms with E-state index >= 15 is 0 Å². The molecule has 0 saturated carbocycles. The van der Waals surface area contributed by atoms with Crippen molar-refractivity contribution in [2.45, 2.75) is 31.7 Å². The van der Waals surface area contributed by atoms with E-state index in [0.717, 1.165) is 24.4 Å². The van der Waals surface area contributed by atoms with E-state index in [1.165, 1.54) is 12.1 Å². The summed E-state index contributed by atoms with van der Waals surface area (Å²) in [7, 11) is 0. The Hall–Kier alpha value is -2.49. The number of aromatic nitrogens is 1. The van der Waals surface area contributed by atoms with E-state index in [2.05, 4.69) is 10.3 Å². The Morgan fingerprint density at radius 2 is 1.71 bits per heavy atom. The number of piperidine rings is 1. The van der Waals surface area contributed by atoms with Gasteiger partial charge in [0.15, 0.2) is 0 Å². The van der Waals surface area contributed by atoms with Gasteiger partial charge in [0.05, 0.1) is 16.1 Å². The van der Waals surface area contributed by atoms with Crippen molar-refractivity contribution >= 4 is 23.3 Å². The number of amides is 1. The summed E-state index contributed by atoms with van der Waals surface area (Å²) in [5.74, 6) is -0.434. The van der Waals surface area contributed by atoms with Gasteiger partial charge in [-0.15, -0.1) is 0 Å². The van der Waals surface area contributed by atoms with Gasteiger partial charge in [-0.3, -0.25) is 4.79 Å². The second-order valence-electron chi connectivity index (χ2n) is 7.20. The van der Waals surface area contributed by atoms with Crippen molar-refractivity contribution < 1.29 is 31.1 Å². The fourth-order valence-electron chi connectivity index (χ4n) is 3.36. The van der Waals surface area contributed by atoms with Gasteiger partial charge in [-0.25, -0.2) is 4.98 Å². The van der Waals surface area contributed by atoms with Crippen LogP contribution in [-0.2, 0) is 23.7 Å². The van der Waals surface area contributed by atoms with E-state index in [9.17, 15) is 31.1 Å². The molecule has 0 spiro atoms. The van der Waals surface area contributed by atoms with Crippen molar-refractivity contribution in [3.05, 3.63) is 58.2 Å². The molecule has 1 aromatic carbocycles. The molecule has 11 heteroatoms. The number of hydrogen-bond donors (Lipinski definition) is 1. The van der Waals surface area contributed by atoms with Crippen LogP contribution in [0.5, 0.6) is 0 Å². The van der Waals surface area contributed by atoms with Crippen LogP contribution in [0.15, 0.2) is 36.5 Å². The summed E-state index contributed by atoms with van der Waals surface area (Å²) in [5.41, 5.74) is -1.39. The number of nitrogens with zero attached hydrogens (tertiary/aromatic N) is 2. The van der Waals surface area contributed by atoms with Crippen LogP contribution in [0.3, 0.4) is 0 Å². The lowest BCUT2D eigenvalue weighted by Crippen LogP contribution is -2.40. The first-order valence-corrected chi connectivity index (χ1v) is 9.74. The van der Waals surface area contributed by atoms with Crippen molar-refractivity contribution in [2.75, 3.05) is 18.0 Å². The van der Waals surface area contributed by atoms with Gasteiger partial charge in [-0.1, -0.05) is 23.7 Å². The molecule has 168 valence electrons. The largest absolute Gasteiger partial charge is 0.417 e. The van der Waals surface area contributed by atoms with E-state index in [1.807, 2.05) is 0 Å². The summed E-state index contributed by atoms with van der Waals surface area (Å²) in [6.07, 6.45) is -7.46. The molecule has 1 aromatic heterocycles. The molecule has 2 aromatic rings. The van der Waals surface area contributed by atoms with Gasteiger partial charge in [-0.05, 0) is 36.6 Å². The Labute approximate surface area is 179 Å². The molecule has 3 rings (SSSR count). The minimum absolute atomic E-state index is 0.0325. The summed E-state index contributed by atoms with van der Waals surface area (Å²) in [4.78, 5) is 17.9. The van der Waals surface area contributed by atoms with Crippen molar-refractivity contribution in [2.24, 2.45) is 5.92 Å². The SMILES string of the molecule is O=C(NCc1cccc(C(F)(F)F)c1)C1CCN(c2ncc(C(F)(F)F)cc2Cl)CC1. The molecule has 2 heterocycles. The number of nitrogens with one attached hydrogen (secondary N) is 1. The molecule has 0 radical (unpaired) electrons. The van der Waals surface area contributed by atoms with Crippen molar-refractivity contribution in [1.82, 2.24) is 10.3 Å². The van der Waals surface area contributed by atoms with E-state index in [1.54, 1.807) is 4.90 Å². The Bertz CT molecular complexity index is 939. The third kappa shape index (κ3) is 5.81. The Morgan fingerprint density at radius 1 is 1.06 bits per heavy atom. The molecule has 4 nitrogen and oxygen atoms in total. The Balaban J connectivity index is 1.55. The Kier molecular flexibility index (Phi) is 6.68. The number of benzene rings is 1. The lowest BCUT2D eigenvalue weighted by Gasteiger charge is -2.32. The molecule has 31 heavy (non-hydrogen) atoms. The highest BCUT2D eigenvalue weighted by molar-refractivity contribution is 6.33. The van der Waals surface area contributed by atoms with E-state index in [4.69, 9.17) is 11.6 Å². The smallest absolute Gasteiger partial charge is 0.355 e. The first kappa shape index (κ1) is 23.2. The number of carbonyl (C=O) groups excluding carboxylic acids is 1. The van der Waals surface area contributed by atoms with Crippen molar-refractivity contribution in [3.8, 4) is 0 Å². The standard InChI is InChI=1S/C20H18ClF6N3O/c21-16-9-15(20(25,26)27)11-28-17(16)30-6-4-13(5-7-30)18(31)29-10-12-2-1-3-14(8-12)19(22,23)24/h1-3,8-9,11,13H,4-7,10H2,(H,29,31). The van der Waals surface area contributed by atoms with Crippen LogP contribution in [0.25, 0.3) is 0 Å². The number of pyridine rings is 1. The minimum Gasteiger partial charge on any atom is -0.355 e. The van der Waals surface area contributed by atoms with Crippen LogP contribution in [0, 0.1) is 5.92 Å². The average Bonchev–Trinajstić information content (AvgIpc) is 2.71. The van der Waals surface area contributed by atoms with Gasteiger partial charge in [0.1, 0.15) is 5.82 Å². The molecule has 0 bridgehead atoms. The molecule has 0 atom stereocenters. The first-order valence-electron chi connectivity index (χ1n) is 9.36. The van der Waals surface area contributed by atoms with Gasteiger partial charge in [0.2, 0.25) is 5.91 Å². The van der Waals surface area contributed by atoms with Gasteiger partial charge >= 0.3 is 12.4 Å². The number of rotatable bonds is 4. The van der Waals surface area contributed by atoms with Crippen LogP contribution in [-0.4, -0.2) is 24.0 Å². The molecular formula is C20H18ClF6N3O. The highest BCUT2D eigenvalue weighted by atomic mass is 35.5. The number of hydrogen-bond acceptors (Lipinski definition) is 3. The van der Waals surface area contributed by atoms with Crippen molar-refractivity contribution in [3.63, 3.8) is 0 Å². The van der Waals surface area contributed by atoms with E-state index < -0.39 is 23.5 Å². The minimum atomic E-state index is -4.54. The summed E-state index contributed by atoms with van der Waals surface area (Å²) >= 11 is 5.97. The monoisotopic (exact) mass is 465 g/mol. The number of halogens is 7. The first-order chi connectivity index (χ1) is 14.4. The lowest BCUT2D eigenvalue weighted by molar-refractivity contribution is -0.138. The molecule has 1 aliphatic rings. The molecule has 0 aliphatic carbocycles. The normalized spacial score (nSPS) is 15.8. The third-order valence-corrected chi connectivity index (χ3v) is 5.31. The molecule has 0 unspecified atom stereocenters. The highest BCUT2D eigenvalue weighted by Gasteiger charge is 2.33. The maximum atomic E-state index is 12.8. The fourth-order valence-corrected chi connectivity index (χ4v) is 3.65. The fraction of sp³-hybridized carbons (Fsp3) is 0.400. The average molecular weight is 466 g/mol. The molecule has 1 N–H and O–H groups in total. The van der Waals surface area contributed by atoms with Crippen LogP contribution in [0.2, 0.25) is 5.02 Å². The van der Waals surface area contributed by atoms with E-state index in [-0.39, 0.29) is 29.2 Å². The summed E-state index contributed by atoms with van der Waals surface area (Å²) < 4.78 is 76.6. The van der Waals surface area contributed by atoms with Crippen LogP contribution in [0.1, 0.15) is 29.5 Å². The van der Waals surface area contributed by atoms with Crippen molar-refractivity contribution in [1.29, 1.82) is 0 Å². The maximum Gasteiger partial charge on any atom is 0.417 e. The maximum absolute atomic E-state index is 12.8. The van der Waals surface area contributed by atoms with E-state index in [0.29, 0.717) is 31.5 Å². The summed E-state index contributed by atoms with van der Waals surface area (Å²) in [5, 5.41) is 2.52. The van der Waals surface area contributed by atoms with Crippen LogP contribution >= 0.6 is 11.6 Å². The second-order valence-corrected chi connectivity index (χ2v) is 7.61. The number of carbonyl (C=O) groups is 1. The zero-order chi connectivity index (χ0) is 22.8. The predicted molar refractivity (Wildman–Crippen MR) is 102 cm³/mol. The van der Waals surface area contributed by atoms with Gasteiger partial charge in [0, 0.05) is 31.7 Å². The molecule has 1 fully saturated rings. The third-order valence-electron chi connectivity index (χ3n) is 5.04. The second kappa shape index (κ2) is 8.94. The predicted octanol–water partition coefficient (Wildman–Crippen LogP) is 5.31. The zero-order valence-electron chi connectivity index (χ0n) is 16.0. The number of alkyl halides is 6. The Morgan fingerprint density at radius 3 is 2.29 bits per heavy atom. The number of anilines is 1. The van der Waals surface area contributed by atoms with Crippen LogP contribution in [0.4, 0.5) is 32.2 Å². The zero-order valence-corrected chi connectivity index (χ0v) is 16.8. The summed E-state index contributed by atoms with van der Waals surface area (Å²) in [6.45, 7) is 0.689. The molecule has 1 aliphatic heterocycles. The van der Waals surface area contributed by atoms with Gasteiger partial charge in [-0.2, -0.15) is 26.3 Å². The highest BCUT2D eigenvalue weighted by Crippen LogP contribution is 2.35. The molecule has 1 saturated heterocycles. The lowest BCUT2D eigenvalue weighted by atomic mass is 9.95. The van der Waals surface area contributed by atoms with Crippen LogP contribution < -0.4 is 10.2 Å². The summed E-state index contributed by atoms with van der Waals surface area (Å²) in [6, 6.07) is 5.54. The molecule has 1 amide bonds. The topological polar surface area (TPSA) is 45.2 Å². The van der Waals surface area contributed by atoms with Gasteiger partial charge < -0.3 is 10.2 Å². The van der Waals surface area contributed by atoms with Gasteiger partial charge in [0.25, 0.3) is 0 Å². The molecular weight excluding hydrogens is 448 g/mol. The quantitative estimate of drug-likeness (QED) is 0.623.